The maximum Gasteiger partial charge on any atom is 0.0433 e. The summed E-state index contributed by atoms with van der Waals surface area (Å²) in [6.45, 7) is 3.80. The summed E-state index contributed by atoms with van der Waals surface area (Å²) in [5.74, 6) is 0. The Labute approximate surface area is 99.6 Å². The van der Waals surface area contributed by atoms with Gasteiger partial charge in [-0.15, -0.1) is 10.3 Å². The first-order valence-electron chi connectivity index (χ1n) is 3.15. The Morgan fingerprint density at radius 2 is 1.25 bits per heavy atom. The van der Waals surface area contributed by atoms with Gasteiger partial charge >= 0.3 is 0 Å². The molecule has 0 spiro atoms. The van der Waals surface area contributed by atoms with Crippen molar-refractivity contribution in [1.82, 2.24) is 0 Å². The van der Waals surface area contributed by atoms with Gasteiger partial charge in [0, 0.05) is 45.1 Å². The molecular formula is C7H18N2O2Y. The van der Waals surface area contributed by atoms with Crippen molar-refractivity contribution in [2.75, 3.05) is 0 Å². The van der Waals surface area contributed by atoms with Crippen molar-refractivity contribution < 1.29 is 43.1 Å². The molecule has 0 aromatic rings. The number of hydrogen-bond acceptors (Lipinski definition) is 4. The van der Waals surface area contributed by atoms with Crippen LogP contribution in [-0.2, 0) is 32.7 Å². The fourth-order valence-electron chi connectivity index (χ4n) is 0.163. The summed E-state index contributed by atoms with van der Waals surface area (Å²) in [5.41, 5.74) is 0. The van der Waals surface area contributed by atoms with Gasteiger partial charge in [0.1, 0.15) is 0 Å². The largest absolute Gasteiger partial charge is 0.411 e. The fourth-order valence-corrected chi connectivity index (χ4v) is 0.163. The van der Waals surface area contributed by atoms with Gasteiger partial charge < -0.3 is 10.4 Å². The molecule has 2 N–H and O–H groups in total. The van der Waals surface area contributed by atoms with E-state index in [9.17, 15) is 0 Å². The molecular weight excluding hydrogens is 233 g/mol. The third kappa shape index (κ3) is 50.2. The second-order valence-corrected chi connectivity index (χ2v) is 1.41. The Hall–Kier alpha value is 0.0439. The second kappa shape index (κ2) is 30.5. The zero-order chi connectivity index (χ0) is 8.24. The maximum atomic E-state index is 7.64. The van der Waals surface area contributed by atoms with Crippen LogP contribution in [-0.4, -0.2) is 22.8 Å². The van der Waals surface area contributed by atoms with Gasteiger partial charge in [-0.2, -0.15) is 0 Å². The summed E-state index contributed by atoms with van der Waals surface area (Å²) < 4.78 is 0. The van der Waals surface area contributed by atoms with Crippen molar-refractivity contribution in [1.29, 1.82) is 0 Å². The molecule has 0 aliphatic carbocycles. The predicted molar refractivity (Wildman–Crippen MR) is 47.9 cm³/mol. The van der Waals surface area contributed by atoms with E-state index in [0.29, 0.717) is 0 Å². The van der Waals surface area contributed by atoms with Crippen LogP contribution in [0, 0.1) is 0 Å². The number of hydrogen-bond donors (Lipinski definition) is 2. The van der Waals surface area contributed by atoms with E-state index in [2.05, 4.69) is 10.3 Å². The molecule has 0 unspecified atom stereocenters. The first-order valence-corrected chi connectivity index (χ1v) is 3.15. The van der Waals surface area contributed by atoms with Gasteiger partial charge in [-0.25, -0.2) is 0 Å². The van der Waals surface area contributed by atoms with Crippen molar-refractivity contribution in [3.05, 3.63) is 0 Å². The van der Waals surface area contributed by atoms with Crippen molar-refractivity contribution in [3.63, 3.8) is 0 Å². The molecule has 4 nitrogen and oxygen atoms in total. The molecule has 0 aliphatic rings. The minimum atomic E-state index is 0. The molecule has 0 aliphatic heterocycles. The third-order valence-corrected chi connectivity index (χ3v) is 0.528. The van der Waals surface area contributed by atoms with Crippen LogP contribution in [0.3, 0.4) is 0 Å². The van der Waals surface area contributed by atoms with Gasteiger partial charge in [0.25, 0.3) is 0 Å². The molecule has 0 heterocycles. The minimum Gasteiger partial charge on any atom is -0.411 e. The average molecular weight is 251 g/mol. The summed E-state index contributed by atoms with van der Waals surface area (Å²) in [4.78, 5) is 0. The van der Waals surface area contributed by atoms with Crippen molar-refractivity contribution in [2.24, 2.45) is 10.3 Å². The Balaban J connectivity index is -0.0000000457. The van der Waals surface area contributed by atoms with Gasteiger partial charge in [0.2, 0.25) is 0 Å². The molecule has 0 fully saturated rings. The molecule has 0 atom stereocenters. The maximum absolute atomic E-state index is 7.64. The predicted octanol–water partition coefficient (Wildman–Crippen LogP) is 2.35. The molecule has 0 aromatic heterocycles. The van der Waals surface area contributed by atoms with E-state index in [1.807, 2.05) is 13.8 Å². The molecule has 12 heavy (non-hydrogen) atoms. The van der Waals surface area contributed by atoms with Crippen LogP contribution in [0.25, 0.3) is 0 Å². The van der Waals surface area contributed by atoms with Gasteiger partial charge in [-0.3, -0.25) is 0 Å². The number of nitrogens with zero attached hydrogens (tertiary/aromatic N) is 2. The topological polar surface area (TPSA) is 65.2 Å². The van der Waals surface area contributed by atoms with E-state index in [0.717, 1.165) is 12.8 Å². The van der Waals surface area contributed by atoms with Gasteiger partial charge in [-0.05, 0) is 12.8 Å². The Bertz CT molecular complexity index is 85.4. The SMILES string of the molecule is C.CC/C=N\O.CC/C=N\O.[Y]. The van der Waals surface area contributed by atoms with Crippen LogP contribution in [0.15, 0.2) is 10.3 Å². The zero-order valence-electron chi connectivity index (χ0n) is 6.94. The Morgan fingerprint density at radius 3 is 1.25 bits per heavy atom. The van der Waals surface area contributed by atoms with Crippen LogP contribution in [0.4, 0.5) is 0 Å². The minimum absolute atomic E-state index is 0. The molecule has 0 aromatic carbocycles. The van der Waals surface area contributed by atoms with Crippen LogP contribution in [0.1, 0.15) is 34.1 Å². The van der Waals surface area contributed by atoms with Crippen LogP contribution >= 0.6 is 0 Å². The molecule has 0 amide bonds. The average Bonchev–Trinajstić information content (AvgIpc) is 1.93. The van der Waals surface area contributed by atoms with E-state index in [1.165, 1.54) is 12.4 Å². The normalized spacial score (nSPS) is 8.17. The van der Waals surface area contributed by atoms with Crippen LogP contribution in [0.2, 0.25) is 0 Å². The van der Waals surface area contributed by atoms with E-state index >= 15 is 0 Å². The molecule has 1 radical (unpaired) electrons. The molecule has 0 saturated carbocycles. The molecule has 71 valence electrons. The van der Waals surface area contributed by atoms with E-state index < -0.39 is 0 Å². The second-order valence-electron chi connectivity index (χ2n) is 1.41. The van der Waals surface area contributed by atoms with E-state index in [1.54, 1.807) is 0 Å². The molecule has 0 saturated heterocycles. The smallest absolute Gasteiger partial charge is 0.0433 e. The number of rotatable bonds is 2. The van der Waals surface area contributed by atoms with Gasteiger partial charge in [0.05, 0.1) is 0 Å². The Morgan fingerprint density at radius 1 is 1.00 bits per heavy atom. The summed E-state index contributed by atoms with van der Waals surface area (Å²) in [7, 11) is 0. The van der Waals surface area contributed by atoms with E-state index in [-0.39, 0.29) is 40.1 Å². The molecule has 0 rings (SSSR count). The van der Waals surface area contributed by atoms with Gasteiger partial charge in [-0.1, -0.05) is 21.3 Å². The van der Waals surface area contributed by atoms with E-state index in [4.69, 9.17) is 10.4 Å². The van der Waals surface area contributed by atoms with Crippen molar-refractivity contribution in [2.45, 2.75) is 34.1 Å². The summed E-state index contributed by atoms with van der Waals surface area (Å²) in [6.07, 6.45) is 4.47. The molecule has 5 heteroatoms. The summed E-state index contributed by atoms with van der Waals surface area (Å²) in [5, 5.41) is 20.7. The number of oxime groups is 2. The van der Waals surface area contributed by atoms with Crippen LogP contribution in [0.5, 0.6) is 0 Å². The van der Waals surface area contributed by atoms with Crippen molar-refractivity contribution >= 4 is 12.4 Å². The van der Waals surface area contributed by atoms with Crippen LogP contribution < -0.4 is 0 Å². The quantitative estimate of drug-likeness (QED) is 0.449. The third-order valence-electron chi connectivity index (χ3n) is 0.528. The molecule has 0 bridgehead atoms. The summed E-state index contributed by atoms with van der Waals surface area (Å²) >= 11 is 0. The fraction of sp³-hybridized carbons (Fsp3) is 0.714. The Kier molecular flexibility index (Phi) is 57.7. The zero-order valence-corrected chi connectivity index (χ0v) is 9.77. The monoisotopic (exact) mass is 251 g/mol. The first-order chi connectivity index (χ1) is 4.83. The van der Waals surface area contributed by atoms with Crippen molar-refractivity contribution in [3.8, 4) is 0 Å². The summed E-state index contributed by atoms with van der Waals surface area (Å²) in [6, 6.07) is 0. The first kappa shape index (κ1) is 22.7. The van der Waals surface area contributed by atoms with Gasteiger partial charge in [0.15, 0.2) is 0 Å². The standard InChI is InChI=1S/2C3H7NO.CH4.Y/c2*1-2-3-4-5;;/h2*3,5H,2H2,1H3;1H4;/b2*4-3-;;.